The van der Waals surface area contributed by atoms with Gasteiger partial charge < -0.3 is 19.7 Å². The monoisotopic (exact) mass is 509 g/mol. The van der Waals surface area contributed by atoms with Gasteiger partial charge in [-0.05, 0) is 75.6 Å². The molecule has 34 heavy (non-hydrogen) atoms. The van der Waals surface area contributed by atoms with Crippen LogP contribution < -0.4 is 5.32 Å². The van der Waals surface area contributed by atoms with Gasteiger partial charge in [-0.25, -0.2) is 13.2 Å². The summed E-state index contributed by atoms with van der Waals surface area (Å²) in [6.07, 6.45) is 4.84. The first-order valence-corrected chi connectivity index (χ1v) is 14.2. The van der Waals surface area contributed by atoms with E-state index in [1.165, 1.54) is 0 Å². The summed E-state index contributed by atoms with van der Waals surface area (Å²) in [5.41, 5.74) is -0.840. The summed E-state index contributed by atoms with van der Waals surface area (Å²) in [4.78, 5) is 15.2. The number of hydrogen-bond acceptors (Lipinski definition) is 6. The number of ether oxygens (including phenoxy) is 2. The number of sulfonamides is 1. The van der Waals surface area contributed by atoms with Crippen LogP contribution in [-0.4, -0.2) is 79.3 Å². The Morgan fingerprint density at radius 3 is 2.35 bits per heavy atom. The summed E-state index contributed by atoms with van der Waals surface area (Å²) in [6, 6.07) is 6.14. The maximum atomic E-state index is 14.0. The lowest BCUT2D eigenvalue weighted by Gasteiger charge is -2.47. The molecule has 1 aromatic carbocycles. The third-order valence-corrected chi connectivity index (χ3v) is 10.4. The van der Waals surface area contributed by atoms with Crippen molar-refractivity contribution in [3.8, 4) is 0 Å². The van der Waals surface area contributed by atoms with Gasteiger partial charge in [0.05, 0.1) is 29.7 Å². The van der Waals surface area contributed by atoms with Crippen molar-refractivity contribution in [2.24, 2.45) is 5.92 Å². The minimum absolute atomic E-state index is 0.211. The number of amides is 1. The van der Waals surface area contributed by atoms with Gasteiger partial charge in [0.15, 0.2) is 0 Å². The molecule has 5 fully saturated rings. The first-order chi connectivity index (χ1) is 16.3. The average molecular weight is 510 g/mol. The highest BCUT2D eigenvalue weighted by Gasteiger charge is 2.63. The lowest BCUT2D eigenvalue weighted by Crippen LogP contribution is -2.64. The second-order valence-corrected chi connectivity index (χ2v) is 12.9. The van der Waals surface area contributed by atoms with Gasteiger partial charge in [0.25, 0.3) is 0 Å². The van der Waals surface area contributed by atoms with Crippen LogP contribution in [0.5, 0.6) is 0 Å². The molecule has 3 aliphatic heterocycles. The number of carbonyl (C=O) groups is 1. The van der Waals surface area contributed by atoms with Crippen molar-refractivity contribution in [2.75, 3.05) is 19.7 Å². The van der Waals surface area contributed by atoms with Crippen molar-refractivity contribution in [1.82, 2.24) is 14.5 Å². The summed E-state index contributed by atoms with van der Waals surface area (Å²) in [5, 5.41) is 4.02. The SMILES string of the molecule is C[C@H]1OC[C@H](C2(OC(=O)N3CC4CCC(C3)N4)CC2)N(S(=O)(=O)c2ccc(Cl)cc2)[C@@H]1C1CC1. The molecule has 3 heterocycles. The molecule has 3 saturated heterocycles. The highest BCUT2D eigenvalue weighted by molar-refractivity contribution is 7.89. The van der Waals surface area contributed by atoms with Crippen LogP contribution in [-0.2, 0) is 19.5 Å². The first kappa shape index (κ1) is 23.0. The summed E-state index contributed by atoms with van der Waals surface area (Å²) in [7, 11) is -3.85. The molecule has 2 aliphatic carbocycles. The molecule has 0 spiro atoms. The lowest BCUT2D eigenvalue weighted by molar-refractivity contribution is -0.109. The zero-order valence-electron chi connectivity index (χ0n) is 19.4. The quantitative estimate of drug-likeness (QED) is 0.656. The van der Waals surface area contributed by atoms with Crippen molar-refractivity contribution in [3.05, 3.63) is 29.3 Å². The topological polar surface area (TPSA) is 88.2 Å². The third-order valence-electron chi connectivity index (χ3n) is 8.21. The van der Waals surface area contributed by atoms with Gasteiger partial charge in [-0.2, -0.15) is 4.31 Å². The number of carbonyl (C=O) groups excluding carboxylic acids is 1. The van der Waals surface area contributed by atoms with E-state index in [4.69, 9.17) is 21.1 Å². The largest absolute Gasteiger partial charge is 0.441 e. The molecular weight excluding hydrogens is 478 g/mol. The smallest absolute Gasteiger partial charge is 0.410 e. The number of morpholine rings is 1. The zero-order valence-corrected chi connectivity index (χ0v) is 20.9. The standard InChI is InChI=1S/C24H32ClN3O5S/c1-15-22(16-2-3-16)28(34(30,31)20-8-4-17(25)5-9-20)21(14-32-15)24(10-11-24)33-23(29)27-12-18-6-7-19(13-27)26-18/h4-5,8-9,15-16,18-19,21-22,26H,2-3,6-7,10-14H2,1H3/t15-,18?,19?,21-,22+/m1/s1. The molecule has 2 saturated carbocycles. The Labute approximate surface area is 205 Å². The highest BCUT2D eigenvalue weighted by atomic mass is 35.5. The minimum atomic E-state index is -3.85. The molecule has 8 nitrogen and oxygen atoms in total. The Morgan fingerprint density at radius 2 is 1.76 bits per heavy atom. The molecule has 2 bridgehead atoms. The fourth-order valence-electron chi connectivity index (χ4n) is 6.11. The number of rotatable bonds is 5. The second kappa shape index (κ2) is 8.34. The molecule has 5 aliphatic rings. The molecular formula is C24H32ClN3O5S. The van der Waals surface area contributed by atoms with E-state index in [0.29, 0.717) is 43.0 Å². The number of halogens is 1. The maximum Gasteiger partial charge on any atom is 0.410 e. The van der Waals surface area contributed by atoms with Crippen LogP contribution in [0.15, 0.2) is 29.2 Å². The van der Waals surface area contributed by atoms with Gasteiger partial charge in [0.1, 0.15) is 5.60 Å². The lowest BCUT2D eigenvalue weighted by atomic mass is 9.99. The molecule has 5 atom stereocenters. The normalized spacial score (nSPS) is 35.2. The summed E-state index contributed by atoms with van der Waals surface area (Å²) >= 11 is 6.03. The number of fused-ring (bicyclic) bond motifs is 2. The number of piperazine rings is 1. The Kier molecular flexibility index (Phi) is 5.65. The second-order valence-electron chi connectivity index (χ2n) is 10.6. The number of likely N-dealkylation sites (tertiary alicyclic amines) is 1. The van der Waals surface area contributed by atoms with Gasteiger partial charge >= 0.3 is 6.09 Å². The molecule has 1 amide bonds. The molecule has 0 aromatic heterocycles. The third kappa shape index (κ3) is 4.03. The zero-order chi connectivity index (χ0) is 23.7. The van der Waals surface area contributed by atoms with Crippen LogP contribution in [0.2, 0.25) is 5.02 Å². The number of nitrogens with one attached hydrogen (secondary N) is 1. The Bertz CT molecular complexity index is 1050. The van der Waals surface area contributed by atoms with Gasteiger partial charge in [0, 0.05) is 30.2 Å². The minimum Gasteiger partial charge on any atom is -0.441 e. The summed E-state index contributed by atoms with van der Waals surface area (Å²) < 4.78 is 42.0. The Balaban J connectivity index is 1.30. The molecule has 0 radical (unpaired) electrons. The fourth-order valence-corrected chi connectivity index (χ4v) is 8.21. The predicted molar refractivity (Wildman–Crippen MR) is 126 cm³/mol. The summed E-state index contributed by atoms with van der Waals surface area (Å²) in [6.45, 7) is 3.45. The Hall–Kier alpha value is -1.39. The molecule has 186 valence electrons. The van der Waals surface area contributed by atoms with E-state index >= 15 is 0 Å². The predicted octanol–water partition coefficient (Wildman–Crippen LogP) is 3.00. The van der Waals surface area contributed by atoms with E-state index in [1.54, 1.807) is 33.5 Å². The van der Waals surface area contributed by atoms with Crippen molar-refractivity contribution in [3.63, 3.8) is 0 Å². The van der Waals surface area contributed by atoms with E-state index in [-0.39, 0.29) is 35.7 Å². The molecule has 1 aromatic rings. The van der Waals surface area contributed by atoms with Gasteiger partial charge in [0.2, 0.25) is 10.0 Å². The van der Waals surface area contributed by atoms with Gasteiger partial charge in [-0.3, -0.25) is 0 Å². The number of hydrogen-bond donors (Lipinski definition) is 1. The van der Waals surface area contributed by atoms with Crippen LogP contribution in [0, 0.1) is 5.92 Å². The van der Waals surface area contributed by atoms with Gasteiger partial charge in [-0.1, -0.05) is 11.6 Å². The van der Waals surface area contributed by atoms with E-state index in [9.17, 15) is 13.2 Å². The summed E-state index contributed by atoms with van der Waals surface area (Å²) in [5.74, 6) is 0.259. The first-order valence-electron chi connectivity index (χ1n) is 12.4. The van der Waals surface area contributed by atoms with Crippen LogP contribution >= 0.6 is 11.6 Å². The van der Waals surface area contributed by atoms with Crippen molar-refractivity contribution in [1.29, 1.82) is 0 Å². The van der Waals surface area contributed by atoms with E-state index in [2.05, 4.69) is 5.32 Å². The molecule has 1 N–H and O–H groups in total. The number of benzene rings is 1. The molecule has 6 rings (SSSR count). The van der Waals surface area contributed by atoms with E-state index < -0.39 is 21.7 Å². The van der Waals surface area contributed by atoms with Crippen LogP contribution in [0.1, 0.15) is 45.4 Å². The molecule has 2 unspecified atom stereocenters. The highest BCUT2D eigenvalue weighted by Crippen LogP contribution is 2.51. The van der Waals surface area contributed by atoms with Crippen molar-refractivity contribution >= 4 is 27.7 Å². The van der Waals surface area contributed by atoms with E-state index in [1.807, 2.05) is 6.92 Å². The van der Waals surface area contributed by atoms with Crippen LogP contribution in [0.3, 0.4) is 0 Å². The van der Waals surface area contributed by atoms with Crippen molar-refractivity contribution in [2.45, 2.75) is 86.2 Å². The van der Waals surface area contributed by atoms with E-state index in [0.717, 1.165) is 25.7 Å². The molecule has 10 heteroatoms. The number of nitrogens with zero attached hydrogens (tertiary/aromatic N) is 2. The Morgan fingerprint density at radius 1 is 1.12 bits per heavy atom. The van der Waals surface area contributed by atoms with Crippen molar-refractivity contribution < 1.29 is 22.7 Å². The fraction of sp³-hybridized carbons (Fsp3) is 0.708. The maximum absolute atomic E-state index is 14.0. The van der Waals surface area contributed by atoms with Crippen LogP contribution in [0.4, 0.5) is 4.79 Å². The van der Waals surface area contributed by atoms with Crippen LogP contribution in [0.25, 0.3) is 0 Å². The average Bonchev–Trinajstić information content (AvgIpc) is 3.74. The van der Waals surface area contributed by atoms with Gasteiger partial charge in [-0.15, -0.1) is 0 Å².